The molecule has 2 saturated carbocycles. The second-order valence-electron chi connectivity index (χ2n) is 6.12. The molecule has 0 saturated heterocycles. The first-order valence-electron chi connectivity index (χ1n) is 7.55. The fourth-order valence-electron chi connectivity index (χ4n) is 3.70. The van der Waals surface area contributed by atoms with Crippen LogP contribution in [-0.2, 0) is 0 Å². The molecule has 16 heavy (non-hydrogen) atoms. The zero-order valence-electron chi connectivity index (χ0n) is 11.0. The average molecular weight is 223 g/mol. The highest BCUT2D eigenvalue weighted by Gasteiger charge is 2.30. The molecule has 0 bridgehead atoms. The van der Waals surface area contributed by atoms with Crippen LogP contribution in [0.1, 0.15) is 64.7 Å². The van der Waals surface area contributed by atoms with Crippen LogP contribution in [0.25, 0.3) is 0 Å². The van der Waals surface area contributed by atoms with E-state index in [1.54, 1.807) is 0 Å². The van der Waals surface area contributed by atoms with Gasteiger partial charge in [0.15, 0.2) is 0 Å². The van der Waals surface area contributed by atoms with Crippen LogP contribution in [0.4, 0.5) is 0 Å². The van der Waals surface area contributed by atoms with E-state index in [4.69, 9.17) is 5.73 Å². The number of hydrogen-bond acceptors (Lipinski definition) is 1. The Kier molecular flexibility index (Phi) is 4.69. The van der Waals surface area contributed by atoms with E-state index in [0.717, 1.165) is 30.2 Å². The monoisotopic (exact) mass is 223 g/mol. The second kappa shape index (κ2) is 6.05. The van der Waals surface area contributed by atoms with Crippen molar-refractivity contribution in [1.82, 2.24) is 0 Å². The Hall–Kier alpha value is -0.0400. The van der Waals surface area contributed by atoms with E-state index in [2.05, 4.69) is 6.92 Å². The van der Waals surface area contributed by atoms with Crippen molar-refractivity contribution in [3.05, 3.63) is 0 Å². The van der Waals surface area contributed by atoms with Crippen molar-refractivity contribution in [2.75, 3.05) is 6.54 Å². The maximum absolute atomic E-state index is 5.74. The summed E-state index contributed by atoms with van der Waals surface area (Å²) in [5, 5.41) is 0. The predicted octanol–water partition coefficient (Wildman–Crippen LogP) is 3.97. The minimum atomic E-state index is 0.882. The zero-order chi connectivity index (χ0) is 11.4. The van der Waals surface area contributed by atoms with Crippen molar-refractivity contribution in [2.45, 2.75) is 64.7 Å². The molecule has 2 aliphatic carbocycles. The average Bonchev–Trinajstić information content (AvgIpc) is 2.21. The summed E-state index contributed by atoms with van der Waals surface area (Å²) in [6.45, 7) is 3.29. The van der Waals surface area contributed by atoms with Gasteiger partial charge in [-0.05, 0) is 55.9 Å². The molecule has 0 radical (unpaired) electrons. The minimum Gasteiger partial charge on any atom is -0.330 e. The summed E-state index contributed by atoms with van der Waals surface area (Å²) < 4.78 is 0. The molecule has 2 fully saturated rings. The van der Waals surface area contributed by atoms with Crippen LogP contribution in [0.3, 0.4) is 0 Å². The SMILES string of the molecule is CCC1CCC1CCCCC1CCC1CN. The lowest BCUT2D eigenvalue weighted by molar-refractivity contribution is 0.143. The van der Waals surface area contributed by atoms with Crippen molar-refractivity contribution in [3.63, 3.8) is 0 Å². The van der Waals surface area contributed by atoms with Gasteiger partial charge in [-0.15, -0.1) is 0 Å². The van der Waals surface area contributed by atoms with Crippen molar-refractivity contribution in [1.29, 1.82) is 0 Å². The number of rotatable bonds is 7. The molecule has 2 aliphatic rings. The normalized spacial score (nSPS) is 37.9. The summed E-state index contributed by atoms with van der Waals surface area (Å²) in [5.41, 5.74) is 5.74. The van der Waals surface area contributed by atoms with Crippen LogP contribution < -0.4 is 5.73 Å². The molecule has 0 aromatic carbocycles. The summed E-state index contributed by atoms with van der Waals surface area (Å²) in [6.07, 6.45) is 13.2. The lowest BCUT2D eigenvalue weighted by Gasteiger charge is -2.37. The standard InChI is InChI=1S/C15H29N/c1-2-12-7-8-13(12)5-3-4-6-14-9-10-15(14)11-16/h12-15H,2-11,16H2,1H3. The first kappa shape index (κ1) is 12.4. The van der Waals surface area contributed by atoms with Crippen molar-refractivity contribution in [2.24, 2.45) is 29.4 Å². The summed E-state index contributed by atoms with van der Waals surface area (Å²) in [5.74, 6) is 4.05. The van der Waals surface area contributed by atoms with Crippen LogP contribution in [-0.4, -0.2) is 6.54 Å². The van der Waals surface area contributed by atoms with Crippen LogP contribution in [0.15, 0.2) is 0 Å². The molecule has 1 heteroatoms. The fourth-order valence-corrected chi connectivity index (χ4v) is 3.70. The molecule has 0 aromatic heterocycles. The van der Waals surface area contributed by atoms with Gasteiger partial charge in [-0.25, -0.2) is 0 Å². The maximum atomic E-state index is 5.74. The van der Waals surface area contributed by atoms with E-state index in [1.807, 2.05) is 0 Å². The lowest BCUT2D eigenvalue weighted by Crippen LogP contribution is -2.32. The third kappa shape index (κ3) is 2.80. The smallest absolute Gasteiger partial charge is 0.00462 e. The molecule has 2 N–H and O–H groups in total. The molecule has 1 nitrogen and oxygen atoms in total. The van der Waals surface area contributed by atoms with Gasteiger partial charge < -0.3 is 5.73 Å². The minimum absolute atomic E-state index is 0.882. The molecule has 2 rings (SSSR count). The van der Waals surface area contributed by atoms with E-state index < -0.39 is 0 Å². The molecule has 0 spiro atoms. The first-order chi connectivity index (χ1) is 7.85. The Morgan fingerprint density at radius 1 is 0.812 bits per heavy atom. The topological polar surface area (TPSA) is 26.0 Å². The Balaban J connectivity index is 1.49. The molecule has 0 heterocycles. The molecular weight excluding hydrogens is 194 g/mol. The van der Waals surface area contributed by atoms with Crippen LogP contribution in [0, 0.1) is 23.7 Å². The number of nitrogens with two attached hydrogens (primary N) is 1. The Labute approximate surface area is 101 Å². The van der Waals surface area contributed by atoms with E-state index in [-0.39, 0.29) is 0 Å². The Morgan fingerprint density at radius 2 is 1.31 bits per heavy atom. The maximum Gasteiger partial charge on any atom is -0.00462 e. The van der Waals surface area contributed by atoms with Gasteiger partial charge in [0.25, 0.3) is 0 Å². The molecule has 0 amide bonds. The summed E-state index contributed by atoms with van der Waals surface area (Å²) in [7, 11) is 0. The quantitative estimate of drug-likeness (QED) is 0.649. The van der Waals surface area contributed by atoms with Gasteiger partial charge in [0.1, 0.15) is 0 Å². The summed E-state index contributed by atoms with van der Waals surface area (Å²) >= 11 is 0. The highest BCUT2D eigenvalue weighted by Crippen LogP contribution is 2.41. The molecule has 0 aromatic rings. The first-order valence-corrected chi connectivity index (χ1v) is 7.55. The van der Waals surface area contributed by atoms with E-state index in [1.165, 1.54) is 57.8 Å². The second-order valence-corrected chi connectivity index (χ2v) is 6.12. The molecule has 4 atom stereocenters. The number of hydrogen-bond donors (Lipinski definition) is 1. The highest BCUT2D eigenvalue weighted by atomic mass is 14.6. The largest absolute Gasteiger partial charge is 0.330 e. The van der Waals surface area contributed by atoms with Crippen LogP contribution in [0.5, 0.6) is 0 Å². The van der Waals surface area contributed by atoms with E-state index >= 15 is 0 Å². The molecular formula is C15H29N. The molecule has 4 unspecified atom stereocenters. The predicted molar refractivity (Wildman–Crippen MR) is 70.2 cm³/mol. The fraction of sp³-hybridized carbons (Fsp3) is 1.00. The Bertz CT molecular complexity index is 176. The van der Waals surface area contributed by atoms with Gasteiger partial charge in [-0.2, -0.15) is 0 Å². The highest BCUT2D eigenvalue weighted by molar-refractivity contribution is 4.82. The van der Waals surface area contributed by atoms with E-state index in [0.29, 0.717) is 0 Å². The summed E-state index contributed by atoms with van der Waals surface area (Å²) in [6, 6.07) is 0. The van der Waals surface area contributed by atoms with Gasteiger partial charge >= 0.3 is 0 Å². The van der Waals surface area contributed by atoms with Gasteiger partial charge in [0.2, 0.25) is 0 Å². The summed E-state index contributed by atoms with van der Waals surface area (Å²) in [4.78, 5) is 0. The van der Waals surface area contributed by atoms with Crippen molar-refractivity contribution < 1.29 is 0 Å². The van der Waals surface area contributed by atoms with Gasteiger partial charge in [-0.3, -0.25) is 0 Å². The van der Waals surface area contributed by atoms with Crippen molar-refractivity contribution >= 4 is 0 Å². The van der Waals surface area contributed by atoms with E-state index in [9.17, 15) is 0 Å². The Morgan fingerprint density at radius 3 is 1.69 bits per heavy atom. The number of unbranched alkanes of at least 4 members (excludes halogenated alkanes) is 1. The van der Waals surface area contributed by atoms with Crippen LogP contribution >= 0.6 is 0 Å². The van der Waals surface area contributed by atoms with Crippen LogP contribution in [0.2, 0.25) is 0 Å². The molecule has 94 valence electrons. The van der Waals surface area contributed by atoms with Gasteiger partial charge in [0.05, 0.1) is 0 Å². The lowest BCUT2D eigenvalue weighted by atomic mass is 9.69. The van der Waals surface area contributed by atoms with Gasteiger partial charge in [-0.1, -0.05) is 39.0 Å². The zero-order valence-corrected chi connectivity index (χ0v) is 11.0. The third-order valence-electron chi connectivity index (χ3n) is 5.38. The third-order valence-corrected chi connectivity index (χ3v) is 5.38. The van der Waals surface area contributed by atoms with Gasteiger partial charge in [0, 0.05) is 0 Å². The molecule has 0 aliphatic heterocycles. The van der Waals surface area contributed by atoms with Crippen molar-refractivity contribution in [3.8, 4) is 0 Å².